The molecule has 0 bridgehead atoms. The Morgan fingerprint density at radius 3 is 3.00 bits per heavy atom. The number of hydrogen-bond donors (Lipinski definition) is 1. The number of thiocarbonyl (C=S) groups is 1. The van der Waals surface area contributed by atoms with Gasteiger partial charge in [0.05, 0.1) is 30.2 Å². The van der Waals surface area contributed by atoms with E-state index in [2.05, 4.69) is 12.2 Å². The molecule has 0 amide bonds. The molecule has 3 rings (SSSR count). The number of fused-ring (bicyclic) bond motifs is 1. The number of rotatable bonds is 5. The van der Waals surface area contributed by atoms with Crippen molar-refractivity contribution in [3.8, 4) is 5.75 Å². The first-order valence-corrected chi connectivity index (χ1v) is 9.76. The molecular weight excluding hydrogens is 320 g/mol. The zero-order valence-corrected chi connectivity index (χ0v) is 14.1. The van der Waals surface area contributed by atoms with E-state index in [1.165, 1.54) is 0 Å². The molecule has 2 heterocycles. The van der Waals surface area contributed by atoms with Crippen LogP contribution in [0.4, 0.5) is 5.69 Å². The molecule has 1 aromatic rings. The van der Waals surface area contributed by atoms with Gasteiger partial charge in [-0.2, -0.15) is 0 Å². The average molecular weight is 340 g/mol. The van der Waals surface area contributed by atoms with E-state index in [1.807, 2.05) is 29.2 Å². The van der Waals surface area contributed by atoms with Crippen molar-refractivity contribution in [2.75, 3.05) is 23.0 Å². The lowest BCUT2D eigenvalue weighted by Gasteiger charge is -2.23. The van der Waals surface area contributed by atoms with Crippen LogP contribution in [0, 0.1) is 0 Å². The molecule has 2 aliphatic heterocycles. The third-order valence-corrected chi connectivity index (χ3v) is 6.08. The maximum Gasteiger partial charge on any atom is 0.174 e. The van der Waals surface area contributed by atoms with Crippen LogP contribution in [-0.4, -0.2) is 43.7 Å². The van der Waals surface area contributed by atoms with Crippen molar-refractivity contribution >= 4 is 32.9 Å². The molecule has 2 saturated heterocycles. The predicted molar refractivity (Wildman–Crippen MR) is 91.3 cm³/mol. The van der Waals surface area contributed by atoms with Gasteiger partial charge in [0.2, 0.25) is 0 Å². The molecule has 2 aliphatic rings. The second-order valence-electron chi connectivity index (χ2n) is 5.77. The van der Waals surface area contributed by atoms with Crippen molar-refractivity contribution in [3.63, 3.8) is 0 Å². The van der Waals surface area contributed by atoms with E-state index >= 15 is 0 Å². The quantitative estimate of drug-likeness (QED) is 0.651. The highest BCUT2D eigenvalue weighted by Gasteiger charge is 2.47. The Balaban J connectivity index is 1.81. The zero-order chi connectivity index (χ0) is 15.7. The summed E-state index contributed by atoms with van der Waals surface area (Å²) in [6, 6.07) is 7.46. The summed E-state index contributed by atoms with van der Waals surface area (Å²) < 4.78 is 29.4. The molecule has 7 heteroatoms. The van der Waals surface area contributed by atoms with Gasteiger partial charge in [0.25, 0.3) is 0 Å². The highest BCUT2D eigenvalue weighted by Crippen LogP contribution is 2.31. The van der Waals surface area contributed by atoms with E-state index in [0.717, 1.165) is 24.3 Å². The first-order chi connectivity index (χ1) is 10.5. The van der Waals surface area contributed by atoms with Gasteiger partial charge in [-0.15, -0.1) is 0 Å². The predicted octanol–water partition coefficient (Wildman–Crippen LogP) is 1.73. The van der Waals surface area contributed by atoms with Crippen LogP contribution in [0.25, 0.3) is 0 Å². The fraction of sp³-hybridized carbons (Fsp3) is 0.533. The molecular formula is C15H20N2O3S2. The molecule has 0 radical (unpaired) electrons. The van der Waals surface area contributed by atoms with Gasteiger partial charge in [-0.25, -0.2) is 8.42 Å². The fourth-order valence-electron chi connectivity index (χ4n) is 2.97. The Bertz CT molecular complexity index is 675. The summed E-state index contributed by atoms with van der Waals surface area (Å²) in [6.45, 7) is 2.80. The Hall–Kier alpha value is -1.34. The van der Waals surface area contributed by atoms with Crippen molar-refractivity contribution < 1.29 is 13.2 Å². The molecule has 1 aromatic carbocycles. The molecule has 120 valence electrons. The van der Waals surface area contributed by atoms with Crippen molar-refractivity contribution in [1.29, 1.82) is 0 Å². The van der Waals surface area contributed by atoms with Gasteiger partial charge in [0.1, 0.15) is 5.75 Å². The minimum absolute atomic E-state index is 0.109. The van der Waals surface area contributed by atoms with Crippen molar-refractivity contribution in [1.82, 2.24) is 5.32 Å². The molecule has 22 heavy (non-hydrogen) atoms. The molecule has 0 aromatic heterocycles. The van der Waals surface area contributed by atoms with Gasteiger partial charge in [-0.3, -0.25) is 0 Å². The van der Waals surface area contributed by atoms with Gasteiger partial charge in [-0.05, 0) is 30.8 Å². The van der Waals surface area contributed by atoms with E-state index in [1.54, 1.807) is 0 Å². The minimum Gasteiger partial charge on any atom is -0.494 e. The molecule has 5 nitrogen and oxygen atoms in total. The van der Waals surface area contributed by atoms with Gasteiger partial charge in [0, 0.05) is 11.8 Å². The van der Waals surface area contributed by atoms with E-state index in [4.69, 9.17) is 17.0 Å². The molecule has 2 fully saturated rings. The normalized spacial score (nSPS) is 25.9. The summed E-state index contributed by atoms with van der Waals surface area (Å²) in [7, 11) is -2.99. The highest BCUT2D eigenvalue weighted by molar-refractivity contribution is 7.91. The van der Waals surface area contributed by atoms with Gasteiger partial charge < -0.3 is 15.0 Å². The van der Waals surface area contributed by atoms with Crippen LogP contribution in [0.5, 0.6) is 5.75 Å². The van der Waals surface area contributed by atoms with Crippen LogP contribution in [-0.2, 0) is 9.84 Å². The van der Waals surface area contributed by atoms with Crippen molar-refractivity contribution in [2.24, 2.45) is 0 Å². The third-order valence-electron chi connectivity index (χ3n) is 4.04. The molecule has 1 N–H and O–H groups in total. The van der Waals surface area contributed by atoms with Crippen LogP contribution < -0.4 is 15.0 Å². The van der Waals surface area contributed by atoms with Crippen LogP contribution in [0.2, 0.25) is 0 Å². The van der Waals surface area contributed by atoms with E-state index in [-0.39, 0.29) is 23.6 Å². The topological polar surface area (TPSA) is 58.6 Å². The van der Waals surface area contributed by atoms with Crippen LogP contribution in [0.15, 0.2) is 24.3 Å². The first kappa shape index (κ1) is 15.6. The summed E-state index contributed by atoms with van der Waals surface area (Å²) in [5.41, 5.74) is 0.885. The van der Waals surface area contributed by atoms with E-state index < -0.39 is 9.84 Å². The molecule has 2 atom stereocenters. The molecule has 0 saturated carbocycles. The van der Waals surface area contributed by atoms with Crippen LogP contribution in [0.3, 0.4) is 0 Å². The molecule has 0 spiro atoms. The second kappa shape index (κ2) is 6.04. The van der Waals surface area contributed by atoms with Crippen LogP contribution >= 0.6 is 12.2 Å². The monoisotopic (exact) mass is 340 g/mol. The maximum atomic E-state index is 11.8. The zero-order valence-electron chi connectivity index (χ0n) is 12.5. The number of nitrogens with one attached hydrogen (secondary N) is 1. The smallest absolute Gasteiger partial charge is 0.174 e. The number of nitrogens with zero attached hydrogens (tertiary/aromatic N) is 1. The summed E-state index contributed by atoms with van der Waals surface area (Å²) in [5, 5.41) is 3.72. The summed E-state index contributed by atoms with van der Waals surface area (Å²) in [6.07, 6.45) is 2.10. The van der Waals surface area contributed by atoms with Crippen LogP contribution in [0.1, 0.15) is 19.8 Å². The average Bonchev–Trinajstić information content (AvgIpc) is 2.89. The second-order valence-corrected chi connectivity index (χ2v) is 8.31. The minimum atomic E-state index is -2.99. The lowest BCUT2D eigenvalue weighted by molar-refractivity contribution is 0.309. The lowest BCUT2D eigenvalue weighted by Crippen LogP contribution is -2.36. The summed E-state index contributed by atoms with van der Waals surface area (Å²) in [5.74, 6) is 1.09. The third kappa shape index (κ3) is 3.05. The number of hydrogen-bond acceptors (Lipinski definition) is 4. The summed E-state index contributed by atoms with van der Waals surface area (Å²) >= 11 is 5.38. The van der Waals surface area contributed by atoms with Gasteiger partial charge in [-0.1, -0.05) is 19.4 Å². The first-order valence-electron chi connectivity index (χ1n) is 7.53. The SMILES string of the molecule is CCCCOc1cccc(N2C(=S)N[C@@H]3CS(=O)(=O)C[C@H]32)c1. The largest absolute Gasteiger partial charge is 0.494 e. The highest BCUT2D eigenvalue weighted by atomic mass is 32.2. The van der Waals surface area contributed by atoms with Crippen molar-refractivity contribution in [2.45, 2.75) is 31.8 Å². The summed E-state index contributed by atoms with van der Waals surface area (Å²) in [4.78, 5) is 1.91. The number of anilines is 1. The Kier molecular flexibility index (Phi) is 4.27. The Morgan fingerprint density at radius 1 is 1.41 bits per heavy atom. The fourth-order valence-corrected chi connectivity index (χ4v) is 5.25. The van der Waals surface area contributed by atoms with E-state index in [0.29, 0.717) is 11.7 Å². The number of sulfone groups is 1. The Morgan fingerprint density at radius 2 is 2.23 bits per heavy atom. The standard InChI is InChI=1S/C15H20N2O3S2/c1-2-3-7-20-12-6-4-5-11(8-12)17-14-10-22(18,19)9-13(14)16-15(17)21/h4-6,8,13-14H,2-3,7,9-10H2,1H3,(H,16,21)/t13-,14-/m1/s1. The molecule has 0 aliphatic carbocycles. The van der Waals surface area contributed by atoms with E-state index in [9.17, 15) is 8.42 Å². The lowest BCUT2D eigenvalue weighted by atomic mass is 10.1. The van der Waals surface area contributed by atoms with Gasteiger partial charge >= 0.3 is 0 Å². The van der Waals surface area contributed by atoms with Crippen molar-refractivity contribution in [3.05, 3.63) is 24.3 Å². The number of benzene rings is 1. The number of ether oxygens (including phenoxy) is 1. The number of unbranched alkanes of at least 4 members (excludes halogenated alkanes) is 1. The Labute approximate surface area is 136 Å². The van der Waals surface area contributed by atoms with Gasteiger partial charge in [0.15, 0.2) is 14.9 Å². The molecule has 0 unspecified atom stereocenters. The maximum absolute atomic E-state index is 11.8.